The van der Waals surface area contributed by atoms with Crippen LogP contribution in [0.15, 0.2) is 53.8 Å². The molecule has 1 aromatic carbocycles. The van der Waals surface area contributed by atoms with Crippen LogP contribution in [0.1, 0.15) is 54.1 Å². The van der Waals surface area contributed by atoms with E-state index in [1.165, 1.54) is 21.9 Å². The van der Waals surface area contributed by atoms with E-state index in [9.17, 15) is 31.1 Å². The number of benzene rings is 1. The highest BCUT2D eigenvalue weighted by Crippen LogP contribution is 2.43. The van der Waals surface area contributed by atoms with E-state index < -0.39 is 29.5 Å². The number of alkyl halides is 6. The molecule has 2 atom stereocenters. The lowest BCUT2D eigenvalue weighted by molar-refractivity contribution is -0.170. The number of hydrogen-bond donors (Lipinski definition) is 0. The minimum absolute atomic E-state index is 0.0812. The second-order valence-corrected chi connectivity index (χ2v) is 11.1. The first-order chi connectivity index (χ1) is 19.4. The number of fused-ring (bicyclic) bond motifs is 1. The third kappa shape index (κ3) is 5.15. The highest BCUT2D eigenvalue weighted by atomic mass is 19.4. The topological polar surface area (TPSA) is 60.4 Å². The van der Waals surface area contributed by atoms with Crippen molar-refractivity contribution in [3.63, 3.8) is 0 Å². The third-order valence-corrected chi connectivity index (χ3v) is 8.42. The highest BCUT2D eigenvalue weighted by molar-refractivity contribution is 5.58. The van der Waals surface area contributed by atoms with E-state index in [2.05, 4.69) is 10.2 Å². The molecule has 3 aromatic heterocycles. The molecule has 0 spiro atoms. The zero-order valence-corrected chi connectivity index (χ0v) is 22.2. The predicted octanol–water partition coefficient (Wildman–Crippen LogP) is 5.55. The van der Waals surface area contributed by atoms with Crippen molar-refractivity contribution in [2.75, 3.05) is 13.1 Å². The Morgan fingerprint density at radius 2 is 1.83 bits per heavy atom. The van der Waals surface area contributed by atoms with E-state index >= 15 is 0 Å². The minimum atomic E-state index is -4.78. The number of likely N-dealkylation sites (tertiary alicyclic amines) is 1. The van der Waals surface area contributed by atoms with E-state index in [1.54, 1.807) is 24.5 Å². The number of imidazole rings is 1. The standard InChI is InChI=1S/C28H28F6N6O/c1-37-16-35-36-25(37)24(18-4-2-5-18)19-6-3-7-21(11-19)39-15-23-22(28(32,33)34)10-17(13-40(23)26(39)41)12-38-9-8-20(14-38)27(29,30)31/h3,6-7,10-11,13,15-16,18,20,24H,2,4-5,8-9,12,14H2,1H3/t20-,24+/m0/s1. The molecule has 0 N–H and O–H groups in total. The van der Waals surface area contributed by atoms with Gasteiger partial charge in [-0.2, -0.15) is 26.3 Å². The number of rotatable bonds is 6. The van der Waals surface area contributed by atoms with Crippen molar-refractivity contribution in [2.45, 2.75) is 50.5 Å². The maximum absolute atomic E-state index is 14.2. The second-order valence-electron chi connectivity index (χ2n) is 11.1. The summed E-state index contributed by atoms with van der Waals surface area (Å²) in [5, 5.41) is 8.32. The first kappa shape index (κ1) is 27.6. The summed E-state index contributed by atoms with van der Waals surface area (Å²) in [5.41, 5.74) is -0.623. The zero-order valence-electron chi connectivity index (χ0n) is 22.2. The van der Waals surface area contributed by atoms with Gasteiger partial charge in [0.15, 0.2) is 0 Å². The monoisotopic (exact) mass is 578 g/mol. The van der Waals surface area contributed by atoms with Crippen LogP contribution in [0.5, 0.6) is 0 Å². The van der Waals surface area contributed by atoms with Crippen molar-refractivity contribution in [3.8, 4) is 5.69 Å². The number of pyridine rings is 1. The van der Waals surface area contributed by atoms with Crippen LogP contribution < -0.4 is 5.69 Å². The van der Waals surface area contributed by atoms with Gasteiger partial charge in [0.1, 0.15) is 12.2 Å². The van der Waals surface area contributed by atoms with Crippen molar-refractivity contribution in [1.82, 2.24) is 28.6 Å². The largest absolute Gasteiger partial charge is 0.418 e. The number of halogens is 6. The molecular weight excluding hydrogens is 550 g/mol. The van der Waals surface area contributed by atoms with Crippen LogP contribution in [-0.4, -0.2) is 47.9 Å². The average Bonchev–Trinajstić information content (AvgIpc) is 3.60. The smallest absolute Gasteiger partial charge is 0.320 e. The summed E-state index contributed by atoms with van der Waals surface area (Å²) in [6, 6.07) is 8.08. The van der Waals surface area contributed by atoms with Gasteiger partial charge in [0.2, 0.25) is 0 Å². The van der Waals surface area contributed by atoms with Crippen LogP contribution in [0.25, 0.3) is 11.2 Å². The summed E-state index contributed by atoms with van der Waals surface area (Å²) in [7, 11) is 1.86. The molecule has 4 heterocycles. The van der Waals surface area contributed by atoms with E-state index in [0.717, 1.165) is 41.1 Å². The van der Waals surface area contributed by atoms with E-state index in [0.29, 0.717) is 11.6 Å². The maximum atomic E-state index is 14.2. The van der Waals surface area contributed by atoms with Gasteiger partial charge in [-0.25, -0.2) is 4.79 Å². The maximum Gasteiger partial charge on any atom is 0.418 e. The molecule has 1 aliphatic heterocycles. The molecule has 6 rings (SSSR count). The summed E-state index contributed by atoms with van der Waals surface area (Å²) < 4.78 is 85.9. The first-order valence-electron chi connectivity index (χ1n) is 13.5. The zero-order chi connectivity index (χ0) is 29.1. The molecular formula is C28H28F6N6O. The van der Waals surface area contributed by atoms with Crippen LogP contribution in [-0.2, 0) is 19.8 Å². The fraction of sp³-hybridized carbons (Fsp3) is 0.464. The molecule has 218 valence electrons. The van der Waals surface area contributed by atoms with E-state index in [-0.39, 0.29) is 43.1 Å². The lowest BCUT2D eigenvalue weighted by Gasteiger charge is -2.33. The van der Waals surface area contributed by atoms with E-state index in [1.807, 2.05) is 17.7 Å². The summed E-state index contributed by atoms with van der Waals surface area (Å²) in [5.74, 6) is -0.489. The van der Waals surface area contributed by atoms with E-state index in [4.69, 9.17) is 0 Å². The molecule has 0 unspecified atom stereocenters. The van der Waals surface area contributed by atoms with Gasteiger partial charge in [-0.15, -0.1) is 10.2 Å². The molecule has 0 radical (unpaired) electrons. The van der Waals surface area contributed by atoms with Crippen LogP contribution in [0.4, 0.5) is 26.3 Å². The van der Waals surface area contributed by atoms with Gasteiger partial charge in [-0.05, 0) is 61.1 Å². The van der Waals surface area contributed by atoms with Gasteiger partial charge in [0, 0.05) is 38.4 Å². The van der Waals surface area contributed by atoms with Crippen LogP contribution in [0.2, 0.25) is 0 Å². The number of aromatic nitrogens is 5. The molecule has 0 bridgehead atoms. The van der Waals surface area contributed by atoms with Gasteiger partial charge in [-0.1, -0.05) is 18.6 Å². The number of nitrogens with zero attached hydrogens (tertiary/aromatic N) is 6. The molecule has 0 amide bonds. The normalized spacial score (nSPS) is 19.6. The Balaban J connectivity index is 1.39. The fourth-order valence-electron chi connectivity index (χ4n) is 6.09. The van der Waals surface area contributed by atoms with Crippen molar-refractivity contribution in [2.24, 2.45) is 18.9 Å². The molecule has 2 fully saturated rings. The van der Waals surface area contributed by atoms with Crippen LogP contribution in [0, 0.1) is 11.8 Å². The molecule has 1 saturated carbocycles. The summed E-state index contributed by atoms with van der Waals surface area (Å²) in [6.07, 6.45) is -2.04. The Kier molecular flexibility index (Phi) is 6.74. The molecule has 13 heteroatoms. The highest BCUT2D eigenvalue weighted by Gasteiger charge is 2.43. The lowest BCUT2D eigenvalue weighted by Crippen LogP contribution is -2.27. The first-order valence-corrected chi connectivity index (χ1v) is 13.5. The van der Waals surface area contributed by atoms with Gasteiger partial charge in [-0.3, -0.25) is 13.9 Å². The Morgan fingerprint density at radius 3 is 2.44 bits per heavy atom. The van der Waals surface area contributed by atoms with Crippen molar-refractivity contribution >= 4 is 5.52 Å². The second kappa shape index (κ2) is 10.0. The quantitative estimate of drug-likeness (QED) is 0.282. The van der Waals surface area contributed by atoms with Crippen molar-refractivity contribution in [1.29, 1.82) is 0 Å². The van der Waals surface area contributed by atoms with Gasteiger partial charge in [0.05, 0.1) is 22.7 Å². The minimum Gasteiger partial charge on any atom is -0.320 e. The Morgan fingerprint density at radius 1 is 1.05 bits per heavy atom. The summed E-state index contributed by atoms with van der Waals surface area (Å²) in [6.45, 7) is -0.307. The Bertz CT molecular complexity index is 1630. The number of aryl methyl sites for hydroxylation is 1. The Hall–Kier alpha value is -3.61. The van der Waals surface area contributed by atoms with Crippen molar-refractivity contribution < 1.29 is 26.3 Å². The molecule has 2 aliphatic rings. The Labute approximate surface area is 231 Å². The number of hydrogen-bond acceptors (Lipinski definition) is 4. The fourth-order valence-corrected chi connectivity index (χ4v) is 6.09. The SMILES string of the molecule is Cn1cnnc1[C@@H](c1cccc(-n2cc3c(C(F)(F)F)cc(CN4CC[C@H](C(F)(F)F)C4)cn3c2=O)c1)C1CCC1. The predicted molar refractivity (Wildman–Crippen MR) is 138 cm³/mol. The molecule has 1 aliphatic carbocycles. The molecule has 41 heavy (non-hydrogen) atoms. The van der Waals surface area contributed by atoms with Gasteiger partial charge < -0.3 is 4.57 Å². The summed E-state index contributed by atoms with van der Waals surface area (Å²) >= 11 is 0. The van der Waals surface area contributed by atoms with Gasteiger partial charge in [0.25, 0.3) is 0 Å². The van der Waals surface area contributed by atoms with Crippen molar-refractivity contribution in [3.05, 3.63) is 82.1 Å². The van der Waals surface area contributed by atoms with Gasteiger partial charge >= 0.3 is 18.0 Å². The lowest BCUT2D eigenvalue weighted by atomic mass is 9.72. The molecule has 1 saturated heterocycles. The summed E-state index contributed by atoms with van der Waals surface area (Å²) in [4.78, 5) is 15.0. The van der Waals surface area contributed by atoms with Crippen LogP contribution in [0.3, 0.4) is 0 Å². The molecule has 7 nitrogen and oxygen atoms in total. The average molecular weight is 579 g/mol. The third-order valence-electron chi connectivity index (χ3n) is 8.42. The van der Waals surface area contributed by atoms with Crippen LogP contribution >= 0.6 is 0 Å². The molecule has 4 aromatic rings.